The first-order valence-corrected chi connectivity index (χ1v) is 8.26. The minimum atomic E-state index is 0. The lowest BCUT2D eigenvalue weighted by Gasteiger charge is -2.13. The van der Waals surface area contributed by atoms with Crippen LogP contribution < -0.4 is 10.6 Å². The molecule has 1 aromatic heterocycles. The molecule has 2 aromatic rings. The van der Waals surface area contributed by atoms with E-state index in [1.807, 2.05) is 7.05 Å². The molecule has 24 heavy (non-hydrogen) atoms. The molecule has 0 atom stereocenters. The highest BCUT2D eigenvalue weighted by molar-refractivity contribution is 14.0. The molecule has 0 amide bonds. The standard InChI is InChI=1S/C18H29N5.HI/c1-14-6-7-16-15(13-22-17(16)12-14)8-10-21-18(19-2)20-9-5-11-23(3)4;/h6-7,12-13,22H,5,8-11H2,1-4H3,(H2,19,20,21);1H. The van der Waals surface area contributed by atoms with Crippen LogP contribution in [-0.2, 0) is 6.42 Å². The van der Waals surface area contributed by atoms with Crippen molar-refractivity contribution in [3.8, 4) is 0 Å². The maximum atomic E-state index is 4.27. The summed E-state index contributed by atoms with van der Waals surface area (Å²) >= 11 is 0. The van der Waals surface area contributed by atoms with Crippen molar-refractivity contribution < 1.29 is 0 Å². The Kier molecular flexibility index (Phi) is 9.13. The molecule has 0 saturated carbocycles. The van der Waals surface area contributed by atoms with E-state index >= 15 is 0 Å². The lowest BCUT2D eigenvalue weighted by atomic mass is 10.1. The summed E-state index contributed by atoms with van der Waals surface area (Å²) in [5.41, 5.74) is 3.84. The zero-order chi connectivity index (χ0) is 16.7. The largest absolute Gasteiger partial charge is 0.361 e. The Morgan fingerprint density at radius 1 is 1.21 bits per heavy atom. The van der Waals surface area contributed by atoms with E-state index in [9.17, 15) is 0 Å². The van der Waals surface area contributed by atoms with Crippen LogP contribution in [0.4, 0.5) is 0 Å². The van der Waals surface area contributed by atoms with E-state index in [1.165, 1.54) is 22.0 Å². The molecule has 1 heterocycles. The number of guanidine groups is 1. The van der Waals surface area contributed by atoms with Crippen molar-refractivity contribution in [1.82, 2.24) is 20.5 Å². The summed E-state index contributed by atoms with van der Waals surface area (Å²) in [6.07, 6.45) is 4.19. The fourth-order valence-electron chi connectivity index (χ4n) is 2.65. The topological polar surface area (TPSA) is 55.5 Å². The minimum absolute atomic E-state index is 0. The van der Waals surface area contributed by atoms with Gasteiger partial charge in [0.15, 0.2) is 5.96 Å². The second-order valence-electron chi connectivity index (χ2n) is 6.20. The molecule has 1 aromatic carbocycles. The van der Waals surface area contributed by atoms with Crippen LogP contribution in [0.5, 0.6) is 0 Å². The summed E-state index contributed by atoms with van der Waals surface area (Å²) < 4.78 is 0. The zero-order valence-electron chi connectivity index (χ0n) is 15.1. The average molecular weight is 443 g/mol. The molecule has 2 rings (SSSR count). The Bertz CT molecular complexity index is 648. The maximum absolute atomic E-state index is 4.27. The molecule has 0 spiro atoms. The molecule has 0 aliphatic rings. The van der Waals surface area contributed by atoms with Crippen LogP contribution in [-0.4, -0.2) is 56.6 Å². The second-order valence-corrected chi connectivity index (χ2v) is 6.20. The van der Waals surface area contributed by atoms with Crippen molar-refractivity contribution in [2.45, 2.75) is 19.8 Å². The van der Waals surface area contributed by atoms with Crippen LogP contribution in [0.1, 0.15) is 17.5 Å². The first kappa shape index (κ1) is 20.8. The third-order valence-electron chi connectivity index (χ3n) is 3.91. The SMILES string of the molecule is CN=C(NCCCN(C)C)NCCc1c[nH]c2cc(C)ccc12.I. The van der Waals surface area contributed by atoms with Crippen LogP contribution in [0.15, 0.2) is 29.4 Å². The van der Waals surface area contributed by atoms with Crippen molar-refractivity contribution >= 4 is 40.8 Å². The number of aryl methyl sites for hydroxylation is 1. The summed E-state index contributed by atoms with van der Waals surface area (Å²) in [5, 5.41) is 8.05. The van der Waals surface area contributed by atoms with Crippen molar-refractivity contribution in [2.24, 2.45) is 4.99 Å². The van der Waals surface area contributed by atoms with Crippen molar-refractivity contribution in [3.05, 3.63) is 35.5 Å². The summed E-state index contributed by atoms with van der Waals surface area (Å²) in [6.45, 7) is 5.00. The lowest BCUT2D eigenvalue weighted by molar-refractivity contribution is 0.399. The van der Waals surface area contributed by atoms with Crippen LogP contribution >= 0.6 is 24.0 Å². The zero-order valence-corrected chi connectivity index (χ0v) is 17.5. The molecule has 0 saturated heterocycles. The molecule has 0 unspecified atom stereocenters. The number of aromatic nitrogens is 1. The lowest BCUT2D eigenvalue weighted by Crippen LogP contribution is -2.39. The molecular weight excluding hydrogens is 413 g/mol. The predicted molar refractivity (Wildman–Crippen MR) is 115 cm³/mol. The summed E-state index contributed by atoms with van der Waals surface area (Å²) in [4.78, 5) is 9.82. The molecule has 6 heteroatoms. The number of benzene rings is 1. The number of nitrogens with zero attached hydrogens (tertiary/aromatic N) is 2. The van der Waals surface area contributed by atoms with Gasteiger partial charge in [0.2, 0.25) is 0 Å². The Morgan fingerprint density at radius 2 is 1.96 bits per heavy atom. The van der Waals surface area contributed by atoms with Gasteiger partial charge in [-0.15, -0.1) is 24.0 Å². The molecule has 3 N–H and O–H groups in total. The van der Waals surface area contributed by atoms with Crippen LogP contribution in [0.25, 0.3) is 10.9 Å². The van der Waals surface area contributed by atoms with E-state index in [2.05, 4.69) is 70.9 Å². The van der Waals surface area contributed by atoms with Gasteiger partial charge in [-0.1, -0.05) is 12.1 Å². The van der Waals surface area contributed by atoms with Gasteiger partial charge in [0, 0.05) is 37.2 Å². The Balaban J connectivity index is 0.00000288. The van der Waals surface area contributed by atoms with E-state index in [0.29, 0.717) is 0 Å². The van der Waals surface area contributed by atoms with E-state index in [-0.39, 0.29) is 24.0 Å². The predicted octanol–water partition coefficient (Wildman–Crippen LogP) is 2.75. The maximum Gasteiger partial charge on any atom is 0.190 e. The number of rotatable bonds is 7. The number of nitrogens with one attached hydrogen (secondary N) is 3. The molecular formula is C18H30IN5. The Morgan fingerprint density at radius 3 is 2.67 bits per heavy atom. The highest BCUT2D eigenvalue weighted by Gasteiger charge is 2.04. The van der Waals surface area contributed by atoms with Crippen LogP contribution in [0.3, 0.4) is 0 Å². The summed E-state index contributed by atoms with van der Waals surface area (Å²) in [5.74, 6) is 0.874. The van der Waals surface area contributed by atoms with Gasteiger partial charge in [0.05, 0.1) is 0 Å². The van der Waals surface area contributed by atoms with Crippen molar-refractivity contribution in [2.75, 3.05) is 40.8 Å². The molecule has 0 radical (unpaired) electrons. The molecule has 0 aliphatic carbocycles. The number of halogens is 1. The first-order chi connectivity index (χ1) is 11.1. The summed E-state index contributed by atoms with van der Waals surface area (Å²) in [6, 6.07) is 6.56. The number of fused-ring (bicyclic) bond motifs is 1. The van der Waals surface area contributed by atoms with Gasteiger partial charge in [-0.25, -0.2) is 0 Å². The quantitative estimate of drug-likeness (QED) is 0.267. The Hall–Kier alpha value is -1.28. The number of aromatic amines is 1. The van der Waals surface area contributed by atoms with Gasteiger partial charge >= 0.3 is 0 Å². The van der Waals surface area contributed by atoms with Crippen LogP contribution in [0.2, 0.25) is 0 Å². The van der Waals surface area contributed by atoms with E-state index in [0.717, 1.165) is 38.4 Å². The second kappa shape index (κ2) is 10.6. The smallest absolute Gasteiger partial charge is 0.190 e. The van der Waals surface area contributed by atoms with E-state index in [4.69, 9.17) is 0 Å². The molecule has 0 aliphatic heterocycles. The molecule has 0 bridgehead atoms. The van der Waals surface area contributed by atoms with Crippen molar-refractivity contribution in [3.63, 3.8) is 0 Å². The van der Waals surface area contributed by atoms with Crippen LogP contribution in [0, 0.1) is 6.92 Å². The third-order valence-corrected chi connectivity index (χ3v) is 3.91. The number of hydrogen-bond acceptors (Lipinski definition) is 2. The van der Waals surface area contributed by atoms with Gasteiger partial charge < -0.3 is 20.5 Å². The first-order valence-electron chi connectivity index (χ1n) is 8.26. The van der Waals surface area contributed by atoms with E-state index < -0.39 is 0 Å². The van der Waals surface area contributed by atoms with Crippen molar-refractivity contribution in [1.29, 1.82) is 0 Å². The molecule has 134 valence electrons. The highest BCUT2D eigenvalue weighted by atomic mass is 127. The number of aliphatic imine (C=N–C) groups is 1. The minimum Gasteiger partial charge on any atom is -0.361 e. The van der Waals surface area contributed by atoms with Gasteiger partial charge in [-0.2, -0.15) is 0 Å². The fourth-order valence-corrected chi connectivity index (χ4v) is 2.65. The van der Waals surface area contributed by atoms with Gasteiger partial charge in [0.1, 0.15) is 0 Å². The van der Waals surface area contributed by atoms with Gasteiger partial charge in [-0.3, -0.25) is 4.99 Å². The van der Waals surface area contributed by atoms with Gasteiger partial charge in [0.25, 0.3) is 0 Å². The van der Waals surface area contributed by atoms with E-state index in [1.54, 1.807) is 0 Å². The average Bonchev–Trinajstić information content (AvgIpc) is 2.91. The number of hydrogen-bond donors (Lipinski definition) is 3. The highest BCUT2D eigenvalue weighted by Crippen LogP contribution is 2.19. The van der Waals surface area contributed by atoms with Gasteiger partial charge in [-0.05, 0) is 57.6 Å². The monoisotopic (exact) mass is 443 g/mol. The third kappa shape index (κ3) is 6.32. The Labute approximate surface area is 162 Å². The summed E-state index contributed by atoms with van der Waals surface area (Å²) in [7, 11) is 6.00. The number of H-pyrrole nitrogens is 1. The molecule has 5 nitrogen and oxygen atoms in total. The fraction of sp³-hybridized carbons (Fsp3) is 0.500. The molecule has 0 fully saturated rings. The normalized spacial score (nSPS) is 11.6.